The van der Waals surface area contributed by atoms with Crippen molar-refractivity contribution in [3.8, 4) is 0 Å². The molecular formula is C10H10N4OS. The van der Waals surface area contributed by atoms with Gasteiger partial charge in [0, 0.05) is 11.5 Å². The number of hydrogen-bond donors (Lipinski definition) is 2. The van der Waals surface area contributed by atoms with Crippen LogP contribution in [-0.4, -0.2) is 15.5 Å². The third-order valence-corrected chi connectivity index (χ3v) is 2.63. The largest absolute Gasteiger partial charge is 0.316 e. The van der Waals surface area contributed by atoms with Gasteiger partial charge in [0.15, 0.2) is 0 Å². The molecule has 0 spiro atoms. The zero-order chi connectivity index (χ0) is 11.4. The van der Waals surface area contributed by atoms with Crippen LogP contribution in [0, 0.1) is 0 Å². The maximum absolute atomic E-state index is 11.7. The Kier molecular flexibility index (Phi) is 3.23. The van der Waals surface area contributed by atoms with E-state index < -0.39 is 6.04 Å². The molecule has 2 rings (SSSR count). The monoisotopic (exact) mass is 234 g/mol. The Labute approximate surface area is 96.5 Å². The molecule has 0 fully saturated rings. The highest BCUT2D eigenvalue weighted by molar-refractivity contribution is 7.10. The molecule has 0 aliphatic rings. The zero-order valence-corrected chi connectivity index (χ0v) is 9.15. The lowest BCUT2D eigenvalue weighted by Gasteiger charge is -2.10. The van der Waals surface area contributed by atoms with E-state index in [1.807, 2.05) is 30.3 Å². The van der Waals surface area contributed by atoms with Crippen molar-refractivity contribution in [1.29, 1.82) is 0 Å². The zero-order valence-electron chi connectivity index (χ0n) is 8.33. The first kappa shape index (κ1) is 10.7. The van der Waals surface area contributed by atoms with Crippen LogP contribution in [0.3, 0.4) is 0 Å². The van der Waals surface area contributed by atoms with Gasteiger partial charge in [-0.1, -0.05) is 34.8 Å². The van der Waals surface area contributed by atoms with Crippen molar-refractivity contribution < 1.29 is 4.79 Å². The highest BCUT2D eigenvalue weighted by Crippen LogP contribution is 2.14. The van der Waals surface area contributed by atoms with Gasteiger partial charge < -0.3 is 11.1 Å². The summed E-state index contributed by atoms with van der Waals surface area (Å²) in [7, 11) is 0. The Balaban J connectivity index is 2.05. The molecule has 82 valence electrons. The maximum Gasteiger partial charge on any atom is 0.246 e. The summed E-state index contributed by atoms with van der Waals surface area (Å²) in [5.74, 6) is -0.266. The minimum Gasteiger partial charge on any atom is -0.316 e. The van der Waals surface area contributed by atoms with E-state index in [0.29, 0.717) is 5.00 Å². The summed E-state index contributed by atoms with van der Waals surface area (Å²) >= 11 is 1.12. The molecule has 0 bridgehead atoms. The Hall–Kier alpha value is -1.79. The molecule has 5 nitrogen and oxygen atoms in total. The molecule has 1 atom stereocenters. The summed E-state index contributed by atoms with van der Waals surface area (Å²) in [6.07, 6.45) is 1.49. The average Bonchev–Trinajstić information content (AvgIpc) is 2.82. The average molecular weight is 234 g/mol. The van der Waals surface area contributed by atoms with Gasteiger partial charge in [-0.15, -0.1) is 5.10 Å². The lowest BCUT2D eigenvalue weighted by Crippen LogP contribution is -2.27. The van der Waals surface area contributed by atoms with Crippen LogP contribution in [-0.2, 0) is 4.79 Å². The summed E-state index contributed by atoms with van der Waals surface area (Å²) < 4.78 is 3.64. The molecular weight excluding hydrogens is 224 g/mol. The first-order valence-corrected chi connectivity index (χ1v) is 5.43. The van der Waals surface area contributed by atoms with Gasteiger partial charge in [0.25, 0.3) is 0 Å². The summed E-state index contributed by atoms with van der Waals surface area (Å²) in [4.78, 5) is 11.7. The van der Waals surface area contributed by atoms with E-state index in [4.69, 9.17) is 5.73 Å². The second-order valence-corrected chi connectivity index (χ2v) is 3.95. The third-order valence-electron chi connectivity index (χ3n) is 2.05. The van der Waals surface area contributed by atoms with Gasteiger partial charge in [0.05, 0.1) is 6.20 Å². The fraction of sp³-hybridized carbons (Fsp3) is 0.100. The number of hydrogen-bond acceptors (Lipinski definition) is 5. The number of carbonyl (C=O) groups excluding carboxylic acids is 1. The molecule has 0 unspecified atom stereocenters. The van der Waals surface area contributed by atoms with E-state index in [9.17, 15) is 4.79 Å². The van der Waals surface area contributed by atoms with E-state index >= 15 is 0 Å². The normalized spacial score (nSPS) is 12.1. The Morgan fingerprint density at radius 1 is 1.38 bits per heavy atom. The third kappa shape index (κ3) is 2.41. The van der Waals surface area contributed by atoms with Crippen molar-refractivity contribution in [2.24, 2.45) is 5.73 Å². The molecule has 1 amide bonds. The summed E-state index contributed by atoms with van der Waals surface area (Å²) in [5, 5.41) is 6.86. The van der Waals surface area contributed by atoms with Crippen LogP contribution in [0.25, 0.3) is 0 Å². The fourth-order valence-electron chi connectivity index (χ4n) is 1.23. The minimum atomic E-state index is -0.678. The van der Waals surface area contributed by atoms with Gasteiger partial charge >= 0.3 is 0 Å². The number of aromatic nitrogens is 2. The molecule has 3 N–H and O–H groups in total. The van der Waals surface area contributed by atoms with Gasteiger partial charge in [-0.3, -0.25) is 4.79 Å². The van der Waals surface area contributed by atoms with E-state index in [-0.39, 0.29) is 5.91 Å². The second-order valence-electron chi connectivity index (χ2n) is 3.16. The molecule has 0 aliphatic carbocycles. The quantitative estimate of drug-likeness (QED) is 0.835. The van der Waals surface area contributed by atoms with Crippen LogP contribution in [0.4, 0.5) is 5.00 Å². The number of nitrogens with zero attached hydrogens (tertiary/aromatic N) is 2. The highest BCUT2D eigenvalue weighted by atomic mass is 32.1. The Morgan fingerprint density at radius 3 is 2.75 bits per heavy atom. The fourth-order valence-corrected chi connectivity index (χ4v) is 1.66. The maximum atomic E-state index is 11.7. The van der Waals surface area contributed by atoms with E-state index in [0.717, 1.165) is 17.1 Å². The highest BCUT2D eigenvalue weighted by Gasteiger charge is 2.15. The Bertz CT molecular complexity index is 457. The van der Waals surface area contributed by atoms with Gasteiger partial charge in [0.1, 0.15) is 11.0 Å². The number of nitrogens with one attached hydrogen (secondary N) is 1. The standard InChI is InChI=1S/C10H10N4OS/c11-9(7-4-2-1-3-5-7)10(15)13-8-6-12-14-16-8/h1-6,9H,11H2,(H,13,15)/t9-/m1/s1. The number of benzene rings is 1. The smallest absolute Gasteiger partial charge is 0.246 e. The van der Waals surface area contributed by atoms with Gasteiger partial charge in [-0.25, -0.2) is 0 Å². The molecule has 0 radical (unpaired) electrons. The van der Waals surface area contributed by atoms with E-state index in [1.165, 1.54) is 6.20 Å². The molecule has 16 heavy (non-hydrogen) atoms. The lowest BCUT2D eigenvalue weighted by molar-refractivity contribution is -0.117. The van der Waals surface area contributed by atoms with Gasteiger partial charge in [0.2, 0.25) is 5.91 Å². The van der Waals surface area contributed by atoms with Crippen molar-refractivity contribution in [1.82, 2.24) is 9.59 Å². The molecule has 0 aliphatic heterocycles. The number of carbonyl (C=O) groups is 1. The molecule has 1 heterocycles. The van der Waals surface area contributed by atoms with Crippen molar-refractivity contribution in [2.75, 3.05) is 5.32 Å². The minimum absolute atomic E-state index is 0.266. The van der Waals surface area contributed by atoms with Crippen LogP contribution in [0.1, 0.15) is 11.6 Å². The van der Waals surface area contributed by atoms with Crippen molar-refractivity contribution in [3.05, 3.63) is 42.1 Å². The molecule has 1 aromatic carbocycles. The second kappa shape index (κ2) is 4.82. The van der Waals surface area contributed by atoms with Crippen LogP contribution < -0.4 is 11.1 Å². The van der Waals surface area contributed by atoms with Crippen molar-refractivity contribution in [2.45, 2.75) is 6.04 Å². The Morgan fingerprint density at radius 2 is 2.12 bits per heavy atom. The molecule has 1 aromatic heterocycles. The number of nitrogens with two attached hydrogens (primary N) is 1. The molecule has 0 saturated heterocycles. The van der Waals surface area contributed by atoms with E-state index in [2.05, 4.69) is 14.9 Å². The van der Waals surface area contributed by atoms with Crippen LogP contribution in [0.15, 0.2) is 36.5 Å². The summed E-state index contributed by atoms with van der Waals surface area (Å²) in [6.45, 7) is 0. The predicted octanol–water partition coefficient (Wildman–Crippen LogP) is 1.18. The lowest BCUT2D eigenvalue weighted by atomic mass is 10.1. The number of rotatable bonds is 3. The first-order chi connectivity index (χ1) is 7.77. The van der Waals surface area contributed by atoms with Crippen molar-refractivity contribution in [3.63, 3.8) is 0 Å². The number of anilines is 1. The first-order valence-electron chi connectivity index (χ1n) is 4.66. The SMILES string of the molecule is N[C@@H](C(=O)Nc1cnns1)c1ccccc1. The van der Waals surface area contributed by atoms with E-state index in [1.54, 1.807) is 0 Å². The molecule has 0 saturated carbocycles. The topological polar surface area (TPSA) is 80.9 Å². The molecule has 6 heteroatoms. The number of amides is 1. The molecule has 2 aromatic rings. The predicted molar refractivity (Wildman–Crippen MR) is 61.9 cm³/mol. The summed E-state index contributed by atoms with van der Waals surface area (Å²) in [5.41, 5.74) is 6.58. The summed E-state index contributed by atoms with van der Waals surface area (Å²) in [6, 6.07) is 8.52. The van der Waals surface area contributed by atoms with Crippen molar-refractivity contribution >= 4 is 22.4 Å². The van der Waals surface area contributed by atoms with Gasteiger partial charge in [-0.2, -0.15) is 0 Å². The van der Waals surface area contributed by atoms with Crippen LogP contribution in [0.5, 0.6) is 0 Å². The van der Waals surface area contributed by atoms with Crippen LogP contribution in [0.2, 0.25) is 0 Å². The van der Waals surface area contributed by atoms with Crippen LogP contribution >= 0.6 is 11.5 Å². The van der Waals surface area contributed by atoms with Gasteiger partial charge in [-0.05, 0) is 5.56 Å².